The van der Waals surface area contributed by atoms with Crippen molar-refractivity contribution in [3.05, 3.63) is 29.3 Å². The number of aryl methyl sites for hydroxylation is 1. The molecule has 1 atom stereocenters. The van der Waals surface area contributed by atoms with Gasteiger partial charge in [0.05, 0.1) is 0 Å². The Morgan fingerprint density at radius 1 is 1.10 bits per heavy atom. The van der Waals surface area contributed by atoms with Gasteiger partial charge in [-0.15, -0.1) is 0 Å². The van der Waals surface area contributed by atoms with E-state index in [9.17, 15) is 5.11 Å². The second-order valence-corrected chi connectivity index (χ2v) is 6.57. The summed E-state index contributed by atoms with van der Waals surface area (Å²) in [5.74, 6) is 1.41. The maximum atomic E-state index is 9.69. The summed E-state index contributed by atoms with van der Waals surface area (Å²) in [5.41, 5.74) is 2.75. The zero-order valence-electron chi connectivity index (χ0n) is 12.4. The number of phenolic OH excluding ortho intramolecular Hbond substituents is 1. The Bertz CT molecular complexity index is 437. The van der Waals surface area contributed by atoms with E-state index in [1.54, 1.807) is 0 Å². The van der Waals surface area contributed by atoms with Gasteiger partial charge in [-0.05, 0) is 67.8 Å². The fraction of sp³-hybridized carbons (Fsp3) is 0.667. The largest absolute Gasteiger partial charge is 0.508 e. The van der Waals surface area contributed by atoms with Crippen LogP contribution in [-0.4, -0.2) is 11.7 Å². The van der Waals surface area contributed by atoms with Gasteiger partial charge in [-0.25, -0.2) is 0 Å². The van der Waals surface area contributed by atoms with Crippen molar-refractivity contribution in [1.29, 1.82) is 0 Å². The molecule has 2 nitrogen and oxygen atoms in total. The minimum Gasteiger partial charge on any atom is -0.508 e. The number of aromatic hydroxyl groups is 1. The van der Waals surface area contributed by atoms with Crippen molar-refractivity contribution in [3.63, 3.8) is 0 Å². The van der Waals surface area contributed by atoms with Crippen LogP contribution in [0.25, 0.3) is 0 Å². The van der Waals surface area contributed by atoms with Crippen LogP contribution < -0.4 is 5.32 Å². The average molecular weight is 273 g/mol. The first kappa shape index (κ1) is 13.9. The molecule has 2 aliphatic rings. The predicted molar refractivity (Wildman–Crippen MR) is 83.0 cm³/mol. The highest BCUT2D eigenvalue weighted by Crippen LogP contribution is 2.32. The molecular formula is C18H27NO. The van der Waals surface area contributed by atoms with E-state index < -0.39 is 0 Å². The van der Waals surface area contributed by atoms with E-state index in [1.165, 1.54) is 62.5 Å². The Morgan fingerprint density at radius 2 is 1.95 bits per heavy atom. The average Bonchev–Trinajstić information content (AvgIpc) is 2.97. The Balaban J connectivity index is 1.49. The molecule has 2 N–H and O–H groups in total. The summed E-state index contributed by atoms with van der Waals surface area (Å²) >= 11 is 0. The molecule has 1 aromatic rings. The first-order valence-electron chi connectivity index (χ1n) is 8.38. The number of rotatable bonds is 5. The van der Waals surface area contributed by atoms with Gasteiger partial charge < -0.3 is 10.4 Å². The van der Waals surface area contributed by atoms with Crippen molar-refractivity contribution in [2.45, 2.75) is 63.8 Å². The van der Waals surface area contributed by atoms with Crippen LogP contribution in [-0.2, 0) is 6.42 Å². The lowest BCUT2D eigenvalue weighted by atomic mass is 9.87. The second kappa shape index (κ2) is 6.62. The highest BCUT2D eigenvalue weighted by atomic mass is 16.3. The topological polar surface area (TPSA) is 32.3 Å². The highest BCUT2D eigenvalue weighted by molar-refractivity contribution is 5.38. The molecule has 1 fully saturated rings. The molecule has 0 radical (unpaired) electrons. The third-order valence-corrected chi connectivity index (χ3v) is 5.10. The van der Waals surface area contributed by atoms with Gasteiger partial charge in [0, 0.05) is 6.04 Å². The summed E-state index contributed by atoms with van der Waals surface area (Å²) in [6.45, 7) is 1.12. The second-order valence-electron chi connectivity index (χ2n) is 6.57. The smallest absolute Gasteiger partial charge is 0.115 e. The van der Waals surface area contributed by atoms with Crippen LogP contribution >= 0.6 is 0 Å². The number of phenols is 1. The zero-order chi connectivity index (χ0) is 13.8. The van der Waals surface area contributed by atoms with Crippen LogP contribution in [0.3, 0.4) is 0 Å². The maximum Gasteiger partial charge on any atom is 0.115 e. The van der Waals surface area contributed by atoms with Crippen molar-refractivity contribution in [2.24, 2.45) is 5.92 Å². The van der Waals surface area contributed by atoms with Crippen LogP contribution in [0.15, 0.2) is 18.2 Å². The summed E-state index contributed by atoms with van der Waals surface area (Å²) < 4.78 is 0. The van der Waals surface area contributed by atoms with E-state index in [2.05, 4.69) is 11.4 Å². The van der Waals surface area contributed by atoms with Crippen molar-refractivity contribution in [3.8, 4) is 5.75 Å². The molecule has 0 bridgehead atoms. The third-order valence-electron chi connectivity index (χ3n) is 5.10. The standard InChI is InChI=1S/C18H27NO/c20-16-11-10-15-8-3-9-18(17(15)13-16)19-12-4-7-14-5-1-2-6-14/h10-11,13-14,18-20H,1-9,12H2. The first-order chi connectivity index (χ1) is 9.83. The van der Waals surface area contributed by atoms with Crippen LogP contribution in [0.2, 0.25) is 0 Å². The SMILES string of the molecule is Oc1ccc2c(c1)C(NCCCC1CCCC1)CCC2. The quantitative estimate of drug-likeness (QED) is 0.783. The molecule has 3 rings (SSSR count). The lowest BCUT2D eigenvalue weighted by Gasteiger charge is -2.27. The summed E-state index contributed by atoms with van der Waals surface area (Å²) in [7, 11) is 0. The van der Waals surface area contributed by atoms with E-state index >= 15 is 0 Å². The molecule has 1 unspecified atom stereocenters. The molecule has 0 spiro atoms. The molecule has 1 saturated carbocycles. The normalized spacial score (nSPS) is 22.9. The Kier molecular flexibility index (Phi) is 4.62. The fourth-order valence-corrected chi connectivity index (χ4v) is 3.96. The molecule has 0 aliphatic heterocycles. The van der Waals surface area contributed by atoms with Gasteiger partial charge in [-0.2, -0.15) is 0 Å². The van der Waals surface area contributed by atoms with Crippen molar-refractivity contribution >= 4 is 0 Å². The molecule has 0 aromatic heterocycles. The van der Waals surface area contributed by atoms with Gasteiger partial charge in [0.25, 0.3) is 0 Å². The van der Waals surface area contributed by atoms with Crippen LogP contribution in [0.5, 0.6) is 5.75 Å². The van der Waals surface area contributed by atoms with Crippen LogP contribution in [0.1, 0.15) is 68.5 Å². The molecular weight excluding hydrogens is 246 g/mol. The molecule has 0 saturated heterocycles. The predicted octanol–water partition coefficient (Wildman–Crippen LogP) is 4.33. The van der Waals surface area contributed by atoms with Crippen molar-refractivity contribution in [1.82, 2.24) is 5.32 Å². The summed E-state index contributed by atoms with van der Waals surface area (Å²) in [5, 5.41) is 13.4. The fourth-order valence-electron chi connectivity index (χ4n) is 3.96. The van der Waals surface area contributed by atoms with E-state index in [1.807, 2.05) is 12.1 Å². The molecule has 1 aromatic carbocycles. The van der Waals surface area contributed by atoms with Gasteiger partial charge in [-0.3, -0.25) is 0 Å². The summed E-state index contributed by atoms with van der Waals surface area (Å²) in [4.78, 5) is 0. The molecule has 110 valence electrons. The Hall–Kier alpha value is -1.02. The van der Waals surface area contributed by atoms with Gasteiger partial charge in [0.1, 0.15) is 5.75 Å². The van der Waals surface area contributed by atoms with E-state index in [4.69, 9.17) is 0 Å². The van der Waals surface area contributed by atoms with Gasteiger partial charge >= 0.3 is 0 Å². The van der Waals surface area contributed by atoms with Gasteiger partial charge in [-0.1, -0.05) is 31.7 Å². The minimum atomic E-state index is 0.406. The molecule has 2 aliphatic carbocycles. The third kappa shape index (κ3) is 3.35. The highest BCUT2D eigenvalue weighted by Gasteiger charge is 2.20. The minimum absolute atomic E-state index is 0.406. The maximum absolute atomic E-state index is 9.69. The lowest BCUT2D eigenvalue weighted by molar-refractivity contribution is 0.419. The first-order valence-corrected chi connectivity index (χ1v) is 8.38. The number of hydrogen-bond acceptors (Lipinski definition) is 2. The summed E-state index contributed by atoms with van der Waals surface area (Å²) in [6.07, 6.45) is 12.1. The molecule has 0 amide bonds. The van der Waals surface area contributed by atoms with Crippen LogP contribution in [0, 0.1) is 5.92 Å². The number of fused-ring (bicyclic) bond motifs is 1. The zero-order valence-corrected chi connectivity index (χ0v) is 12.4. The van der Waals surface area contributed by atoms with E-state index in [0.717, 1.165) is 18.9 Å². The molecule has 2 heteroatoms. The van der Waals surface area contributed by atoms with Gasteiger partial charge in [0.15, 0.2) is 0 Å². The summed E-state index contributed by atoms with van der Waals surface area (Å²) in [6, 6.07) is 6.33. The van der Waals surface area contributed by atoms with Crippen molar-refractivity contribution in [2.75, 3.05) is 6.54 Å². The number of hydrogen-bond donors (Lipinski definition) is 2. The van der Waals surface area contributed by atoms with Gasteiger partial charge in [0.2, 0.25) is 0 Å². The molecule has 20 heavy (non-hydrogen) atoms. The Morgan fingerprint density at radius 3 is 2.80 bits per heavy atom. The number of nitrogens with one attached hydrogen (secondary N) is 1. The van der Waals surface area contributed by atoms with E-state index in [0.29, 0.717) is 11.8 Å². The Labute approximate surface area is 122 Å². The van der Waals surface area contributed by atoms with Crippen LogP contribution in [0.4, 0.5) is 0 Å². The number of benzene rings is 1. The monoisotopic (exact) mass is 273 g/mol. The van der Waals surface area contributed by atoms with Crippen molar-refractivity contribution < 1.29 is 5.11 Å². The lowest BCUT2D eigenvalue weighted by Crippen LogP contribution is -2.26. The molecule has 0 heterocycles. The van der Waals surface area contributed by atoms with E-state index in [-0.39, 0.29) is 0 Å².